The highest BCUT2D eigenvalue weighted by atomic mass is 32.2. The minimum Gasteiger partial charge on any atom is -0.350 e. The summed E-state index contributed by atoms with van der Waals surface area (Å²) >= 11 is 1.64. The molecule has 32 heavy (non-hydrogen) atoms. The predicted octanol–water partition coefficient (Wildman–Crippen LogP) is 5.21. The van der Waals surface area contributed by atoms with Gasteiger partial charge in [0.1, 0.15) is 5.37 Å². The van der Waals surface area contributed by atoms with E-state index in [4.69, 9.17) is 0 Å². The van der Waals surface area contributed by atoms with E-state index in [0.29, 0.717) is 17.9 Å². The van der Waals surface area contributed by atoms with Gasteiger partial charge < -0.3 is 10.2 Å². The number of benzene rings is 3. The zero-order chi connectivity index (χ0) is 22.3. The molecule has 3 aromatic rings. The number of nitrogens with zero attached hydrogens (tertiary/aromatic N) is 1. The van der Waals surface area contributed by atoms with E-state index in [-0.39, 0.29) is 23.2 Å². The lowest BCUT2D eigenvalue weighted by molar-refractivity contribution is -0.128. The third-order valence-corrected chi connectivity index (χ3v) is 6.96. The molecular formula is C27H28N2O2S. The van der Waals surface area contributed by atoms with Crippen LogP contribution in [0.1, 0.15) is 45.8 Å². The number of hydrogen-bond donors (Lipinski definition) is 1. The van der Waals surface area contributed by atoms with Gasteiger partial charge in [0, 0.05) is 18.2 Å². The van der Waals surface area contributed by atoms with Gasteiger partial charge in [-0.25, -0.2) is 0 Å². The first-order chi connectivity index (χ1) is 15.6. The second kappa shape index (κ2) is 10.5. The van der Waals surface area contributed by atoms with Crippen molar-refractivity contribution in [3.63, 3.8) is 0 Å². The Hall–Kier alpha value is -3.05. The van der Waals surface area contributed by atoms with Crippen LogP contribution in [0.3, 0.4) is 0 Å². The third-order valence-electron chi connectivity index (χ3n) is 5.71. The lowest BCUT2D eigenvalue weighted by atomic mass is 10.1. The topological polar surface area (TPSA) is 49.4 Å². The van der Waals surface area contributed by atoms with E-state index in [1.54, 1.807) is 11.8 Å². The molecule has 0 aliphatic carbocycles. The zero-order valence-corrected chi connectivity index (χ0v) is 19.1. The molecule has 1 N–H and O–H groups in total. The monoisotopic (exact) mass is 444 g/mol. The van der Waals surface area contributed by atoms with Gasteiger partial charge in [0.25, 0.3) is 5.91 Å². The Morgan fingerprint density at radius 1 is 0.969 bits per heavy atom. The standard InChI is InChI=1S/C27H28N2O2S/c1-20(12-13-21-8-4-2-5-9-21)28-26(31)23-14-16-24(17-15-23)27-29(25(30)19-32-27)18-22-10-6-3-7-11-22/h2-11,14-17,20,27H,12-13,18-19H2,1H3,(H,28,31)/t20-,27+/m0/s1. The Kier molecular flexibility index (Phi) is 7.28. The largest absolute Gasteiger partial charge is 0.350 e. The smallest absolute Gasteiger partial charge is 0.251 e. The summed E-state index contributed by atoms with van der Waals surface area (Å²) in [7, 11) is 0. The molecule has 1 heterocycles. The molecule has 1 aliphatic rings. The number of amides is 2. The molecule has 1 saturated heterocycles. The number of nitrogens with one attached hydrogen (secondary N) is 1. The summed E-state index contributed by atoms with van der Waals surface area (Å²) < 4.78 is 0. The minimum atomic E-state index is -0.0617. The molecule has 1 fully saturated rings. The summed E-state index contributed by atoms with van der Waals surface area (Å²) in [6.45, 7) is 2.63. The number of rotatable bonds is 8. The summed E-state index contributed by atoms with van der Waals surface area (Å²) in [5.74, 6) is 0.574. The van der Waals surface area contributed by atoms with Crippen molar-refractivity contribution in [1.29, 1.82) is 0 Å². The molecule has 1 aliphatic heterocycles. The van der Waals surface area contributed by atoms with E-state index in [1.807, 2.05) is 84.6 Å². The van der Waals surface area contributed by atoms with Crippen LogP contribution in [-0.2, 0) is 17.8 Å². The van der Waals surface area contributed by atoms with Gasteiger partial charge in [-0.05, 0) is 48.6 Å². The van der Waals surface area contributed by atoms with Gasteiger partial charge in [0.15, 0.2) is 0 Å². The van der Waals surface area contributed by atoms with Gasteiger partial charge >= 0.3 is 0 Å². The first-order valence-corrected chi connectivity index (χ1v) is 12.0. The number of hydrogen-bond acceptors (Lipinski definition) is 3. The molecule has 4 rings (SSSR count). The Bertz CT molecular complexity index is 1040. The Balaban J connectivity index is 1.35. The van der Waals surface area contributed by atoms with Gasteiger partial charge in [0.2, 0.25) is 5.91 Å². The quantitative estimate of drug-likeness (QED) is 0.519. The van der Waals surface area contributed by atoms with Gasteiger partial charge in [0.05, 0.1) is 5.75 Å². The van der Waals surface area contributed by atoms with Crippen molar-refractivity contribution in [2.45, 2.75) is 37.7 Å². The van der Waals surface area contributed by atoms with Crippen LogP contribution in [0.2, 0.25) is 0 Å². The van der Waals surface area contributed by atoms with Crippen LogP contribution >= 0.6 is 11.8 Å². The molecule has 0 aromatic heterocycles. The van der Waals surface area contributed by atoms with Crippen LogP contribution in [0, 0.1) is 0 Å². The number of thioether (sulfide) groups is 1. The summed E-state index contributed by atoms with van der Waals surface area (Å²) in [5, 5.41) is 3.07. The molecule has 0 spiro atoms. The molecule has 0 unspecified atom stereocenters. The average Bonchev–Trinajstić information content (AvgIpc) is 3.19. The molecule has 0 bridgehead atoms. The fraction of sp³-hybridized carbons (Fsp3) is 0.259. The molecule has 0 radical (unpaired) electrons. The van der Waals surface area contributed by atoms with Crippen molar-refractivity contribution in [1.82, 2.24) is 10.2 Å². The highest BCUT2D eigenvalue weighted by molar-refractivity contribution is 8.00. The average molecular weight is 445 g/mol. The van der Waals surface area contributed by atoms with E-state index >= 15 is 0 Å². The van der Waals surface area contributed by atoms with Crippen molar-refractivity contribution in [3.8, 4) is 0 Å². The molecule has 3 aromatic carbocycles. The lowest BCUT2D eigenvalue weighted by Gasteiger charge is -2.24. The molecule has 2 atom stereocenters. The molecule has 0 saturated carbocycles. The van der Waals surface area contributed by atoms with E-state index in [0.717, 1.165) is 24.0 Å². The normalized spacial score (nSPS) is 16.7. The van der Waals surface area contributed by atoms with Crippen molar-refractivity contribution < 1.29 is 9.59 Å². The van der Waals surface area contributed by atoms with Gasteiger partial charge in [-0.2, -0.15) is 0 Å². The van der Waals surface area contributed by atoms with Crippen molar-refractivity contribution in [3.05, 3.63) is 107 Å². The fourth-order valence-electron chi connectivity index (χ4n) is 3.89. The Labute approximate surface area is 194 Å². The highest BCUT2D eigenvalue weighted by Gasteiger charge is 2.32. The number of aryl methyl sites for hydroxylation is 1. The second-order valence-electron chi connectivity index (χ2n) is 8.19. The van der Waals surface area contributed by atoms with E-state index in [2.05, 4.69) is 17.4 Å². The molecule has 2 amide bonds. The van der Waals surface area contributed by atoms with Crippen molar-refractivity contribution in [2.75, 3.05) is 5.75 Å². The number of carbonyl (C=O) groups is 2. The van der Waals surface area contributed by atoms with Crippen LogP contribution < -0.4 is 5.32 Å². The Morgan fingerprint density at radius 2 is 1.59 bits per heavy atom. The predicted molar refractivity (Wildman–Crippen MR) is 130 cm³/mol. The lowest BCUT2D eigenvalue weighted by Crippen LogP contribution is -2.33. The summed E-state index contributed by atoms with van der Waals surface area (Å²) in [4.78, 5) is 27.1. The SMILES string of the molecule is C[C@@H](CCc1ccccc1)NC(=O)c1ccc([C@H]2SCC(=O)N2Cc2ccccc2)cc1. The van der Waals surface area contributed by atoms with Crippen molar-refractivity contribution in [2.24, 2.45) is 0 Å². The highest BCUT2D eigenvalue weighted by Crippen LogP contribution is 2.39. The number of carbonyl (C=O) groups excluding carboxylic acids is 2. The van der Waals surface area contributed by atoms with Crippen LogP contribution in [0.15, 0.2) is 84.9 Å². The molecule has 4 nitrogen and oxygen atoms in total. The first-order valence-electron chi connectivity index (χ1n) is 11.0. The van der Waals surface area contributed by atoms with Gasteiger partial charge in [-0.1, -0.05) is 72.8 Å². The maximum absolute atomic E-state index is 12.7. The summed E-state index contributed by atoms with van der Waals surface area (Å²) in [6.07, 6.45) is 1.83. The summed E-state index contributed by atoms with van der Waals surface area (Å²) in [6, 6.07) is 28.1. The fourth-order valence-corrected chi connectivity index (χ4v) is 5.08. The van der Waals surface area contributed by atoms with E-state index in [1.165, 1.54) is 5.56 Å². The van der Waals surface area contributed by atoms with Crippen LogP contribution in [0.25, 0.3) is 0 Å². The third kappa shape index (κ3) is 5.60. The molecule has 164 valence electrons. The molecule has 5 heteroatoms. The summed E-state index contributed by atoms with van der Waals surface area (Å²) in [5.41, 5.74) is 4.09. The van der Waals surface area contributed by atoms with E-state index in [9.17, 15) is 9.59 Å². The maximum Gasteiger partial charge on any atom is 0.251 e. The van der Waals surface area contributed by atoms with Crippen LogP contribution in [0.5, 0.6) is 0 Å². The zero-order valence-electron chi connectivity index (χ0n) is 18.2. The van der Waals surface area contributed by atoms with Crippen molar-refractivity contribution >= 4 is 23.6 Å². The molecular weight excluding hydrogens is 416 g/mol. The maximum atomic E-state index is 12.7. The second-order valence-corrected chi connectivity index (χ2v) is 9.26. The first kappa shape index (κ1) is 22.2. The van der Waals surface area contributed by atoms with Crippen LogP contribution in [0.4, 0.5) is 0 Å². The van der Waals surface area contributed by atoms with Gasteiger partial charge in [-0.15, -0.1) is 11.8 Å². The van der Waals surface area contributed by atoms with E-state index < -0.39 is 0 Å². The Morgan fingerprint density at radius 3 is 2.25 bits per heavy atom. The van der Waals surface area contributed by atoms with Crippen LogP contribution in [-0.4, -0.2) is 28.5 Å². The van der Waals surface area contributed by atoms with Gasteiger partial charge in [-0.3, -0.25) is 9.59 Å². The minimum absolute atomic E-state index is 0.0235.